The summed E-state index contributed by atoms with van der Waals surface area (Å²) in [6.45, 7) is 1.49. The maximum Gasteiger partial charge on any atom is 0.258 e. The van der Waals surface area contributed by atoms with Crippen LogP contribution in [0.5, 0.6) is 0 Å². The molecule has 0 bridgehead atoms. The lowest BCUT2D eigenvalue weighted by Gasteiger charge is -2.09. The average Bonchev–Trinajstić information content (AvgIpc) is 2.36. The minimum absolute atomic E-state index is 0.201. The van der Waals surface area contributed by atoms with Gasteiger partial charge in [0.15, 0.2) is 11.6 Å². The van der Waals surface area contributed by atoms with Gasteiger partial charge in [-0.3, -0.25) is 4.79 Å². The standard InChI is InChI=1S/C14H9BrF3NO/c1-7-3-2-4-9(12(7)18)14(20)19-13-10(16)5-8(15)6-11(13)17/h2-6H,1H3,(H,19,20). The van der Waals surface area contributed by atoms with Crippen molar-refractivity contribution in [1.29, 1.82) is 0 Å². The van der Waals surface area contributed by atoms with Crippen LogP contribution in [0.4, 0.5) is 18.9 Å². The van der Waals surface area contributed by atoms with Gasteiger partial charge in [0.2, 0.25) is 0 Å². The summed E-state index contributed by atoms with van der Waals surface area (Å²) < 4.78 is 41.1. The van der Waals surface area contributed by atoms with Crippen molar-refractivity contribution < 1.29 is 18.0 Å². The van der Waals surface area contributed by atoms with Crippen molar-refractivity contribution in [3.63, 3.8) is 0 Å². The predicted octanol–water partition coefficient (Wildman–Crippen LogP) is 4.43. The highest BCUT2D eigenvalue weighted by molar-refractivity contribution is 9.10. The topological polar surface area (TPSA) is 29.1 Å². The highest BCUT2D eigenvalue weighted by atomic mass is 79.9. The number of hydrogen-bond donors (Lipinski definition) is 1. The molecule has 0 atom stereocenters. The number of carbonyl (C=O) groups excluding carboxylic acids is 1. The zero-order valence-corrected chi connectivity index (χ0v) is 11.9. The van der Waals surface area contributed by atoms with E-state index in [2.05, 4.69) is 15.9 Å². The Balaban J connectivity index is 2.36. The normalized spacial score (nSPS) is 10.4. The largest absolute Gasteiger partial charge is 0.317 e. The lowest BCUT2D eigenvalue weighted by Crippen LogP contribution is -2.16. The molecule has 0 fully saturated rings. The summed E-state index contributed by atoms with van der Waals surface area (Å²) in [5.74, 6) is -3.52. The number of amides is 1. The highest BCUT2D eigenvalue weighted by Gasteiger charge is 2.18. The number of rotatable bonds is 2. The SMILES string of the molecule is Cc1cccc(C(=O)Nc2c(F)cc(Br)cc2F)c1F. The van der Waals surface area contributed by atoms with Crippen molar-refractivity contribution in [2.75, 3.05) is 5.32 Å². The monoisotopic (exact) mass is 343 g/mol. The van der Waals surface area contributed by atoms with Gasteiger partial charge in [0.25, 0.3) is 5.91 Å². The number of nitrogens with one attached hydrogen (secondary N) is 1. The number of halogens is 4. The Morgan fingerprint density at radius 1 is 1.15 bits per heavy atom. The minimum Gasteiger partial charge on any atom is -0.317 e. The molecule has 0 aliphatic carbocycles. The lowest BCUT2D eigenvalue weighted by atomic mass is 10.1. The van der Waals surface area contributed by atoms with Crippen LogP contribution in [0.2, 0.25) is 0 Å². The van der Waals surface area contributed by atoms with E-state index in [0.29, 0.717) is 0 Å². The number of anilines is 1. The van der Waals surface area contributed by atoms with Crippen molar-refractivity contribution in [1.82, 2.24) is 0 Å². The van der Waals surface area contributed by atoms with E-state index in [9.17, 15) is 18.0 Å². The average molecular weight is 344 g/mol. The number of hydrogen-bond acceptors (Lipinski definition) is 1. The van der Waals surface area contributed by atoms with Gasteiger partial charge < -0.3 is 5.32 Å². The molecule has 0 aliphatic rings. The first-order chi connectivity index (χ1) is 9.40. The van der Waals surface area contributed by atoms with Crippen LogP contribution in [0.3, 0.4) is 0 Å². The molecule has 0 spiro atoms. The highest BCUT2D eigenvalue weighted by Crippen LogP contribution is 2.24. The van der Waals surface area contributed by atoms with Gasteiger partial charge in [-0.15, -0.1) is 0 Å². The van der Waals surface area contributed by atoms with Crippen LogP contribution < -0.4 is 5.32 Å². The summed E-state index contributed by atoms with van der Waals surface area (Å²) in [7, 11) is 0. The van der Waals surface area contributed by atoms with Crippen LogP contribution >= 0.6 is 15.9 Å². The first-order valence-corrected chi connectivity index (χ1v) is 6.40. The second-order valence-corrected chi connectivity index (χ2v) is 5.05. The first-order valence-electron chi connectivity index (χ1n) is 5.61. The Bertz CT molecular complexity index is 665. The van der Waals surface area contributed by atoms with E-state index in [-0.39, 0.29) is 15.6 Å². The molecule has 2 rings (SSSR count). The number of carbonyl (C=O) groups is 1. The molecule has 6 heteroatoms. The molecule has 0 saturated carbocycles. The van der Waals surface area contributed by atoms with E-state index in [4.69, 9.17) is 0 Å². The summed E-state index contributed by atoms with van der Waals surface area (Å²) in [5, 5.41) is 2.04. The molecular formula is C14H9BrF3NO. The van der Waals surface area contributed by atoms with Gasteiger partial charge in [0, 0.05) is 4.47 Å². The molecule has 0 heterocycles. The molecule has 0 radical (unpaired) electrons. The van der Waals surface area contributed by atoms with Crippen molar-refractivity contribution in [2.24, 2.45) is 0 Å². The van der Waals surface area contributed by atoms with Gasteiger partial charge >= 0.3 is 0 Å². The number of aryl methyl sites for hydroxylation is 1. The van der Waals surface area contributed by atoms with E-state index >= 15 is 0 Å². The zero-order valence-electron chi connectivity index (χ0n) is 10.3. The van der Waals surface area contributed by atoms with Gasteiger partial charge in [-0.1, -0.05) is 28.1 Å². The maximum atomic E-state index is 13.8. The van der Waals surface area contributed by atoms with Gasteiger partial charge in [0.1, 0.15) is 11.5 Å². The molecule has 1 amide bonds. The van der Waals surface area contributed by atoms with Crippen molar-refractivity contribution >= 4 is 27.5 Å². The number of benzene rings is 2. The molecule has 0 saturated heterocycles. The quantitative estimate of drug-likeness (QED) is 0.858. The van der Waals surface area contributed by atoms with Gasteiger partial charge in [0.05, 0.1) is 5.56 Å². The molecule has 2 nitrogen and oxygen atoms in total. The molecule has 2 aromatic carbocycles. The Hall–Kier alpha value is -1.82. The van der Waals surface area contributed by atoms with E-state index < -0.39 is 29.0 Å². The third-order valence-corrected chi connectivity index (χ3v) is 3.14. The van der Waals surface area contributed by atoms with Crippen molar-refractivity contribution in [3.8, 4) is 0 Å². The maximum absolute atomic E-state index is 13.8. The summed E-state index contributed by atoms with van der Waals surface area (Å²) in [4.78, 5) is 11.9. The van der Waals surface area contributed by atoms with Crippen LogP contribution in [0.15, 0.2) is 34.8 Å². The fourth-order valence-corrected chi connectivity index (χ4v) is 2.07. The summed E-state index contributed by atoms with van der Waals surface area (Å²) in [5.41, 5.74) is -0.611. The summed E-state index contributed by atoms with van der Waals surface area (Å²) in [6, 6.07) is 6.23. The molecule has 20 heavy (non-hydrogen) atoms. The molecule has 104 valence electrons. The Labute approximate surface area is 121 Å². The van der Waals surface area contributed by atoms with Crippen LogP contribution in [0, 0.1) is 24.4 Å². The van der Waals surface area contributed by atoms with Gasteiger partial charge in [-0.25, -0.2) is 13.2 Å². The summed E-state index contributed by atoms with van der Waals surface area (Å²) in [6.07, 6.45) is 0. The third kappa shape index (κ3) is 2.85. The Kier molecular flexibility index (Phi) is 4.13. The molecule has 1 N–H and O–H groups in total. The fraction of sp³-hybridized carbons (Fsp3) is 0.0714. The van der Waals surface area contributed by atoms with Crippen LogP contribution in [-0.2, 0) is 0 Å². The molecular weight excluding hydrogens is 335 g/mol. The second kappa shape index (κ2) is 5.66. The minimum atomic E-state index is -0.946. The molecule has 0 aliphatic heterocycles. The van der Waals surface area contributed by atoms with E-state index in [1.54, 1.807) is 0 Å². The molecule has 2 aromatic rings. The van der Waals surface area contributed by atoms with Gasteiger partial charge in [-0.2, -0.15) is 0 Å². The van der Waals surface area contributed by atoms with E-state index in [0.717, 1.165) is 12.1 Å². The zero-order chi connectivity index (χ0) is 14.9. The fourth-order valence-electron chi connectivity index (χ4n) is 1.67. The molecule has 0 unspecified atom stereocenters. The smallest absolute Gasteiger partial charge is 0.258 e. The Morgan fingerprint density at radius 2 is 1.75 bits per heavy atom. The Morgan fingerprint density at radius 3 is 2.35 bits per heavy atom. The van der Waals surface area contributed by atoms with Crippen LogP contribution in [0.1, 0.15) is 15.9 Å². The van der Waals surface area contributed by atoms with E-state index in [1.165, 1.54) is 25.1 Å². The second-order valence-electron chi connectivity index (χ2n) is 4.14. The first kappa shape index (κ1) is 14.6. The predicted molar refractivity (Wildman–Crippen MR) is 73.1 cm³/mol. The van der Waals surface area contributed by atoms with E-state index in [1.807, 2.05) is 5.32 Å². The molecule has 0 aromatic heterocycles. The lowest BCUT2D eigenvalue weighted by molar-refractivity contribution is 0.102. The van der Waals surface area contributed by atoms with Crippen LogP contribution in [-0.4, -0.2) is 5.91 Å². The third-order valence-electron chi connectivity index (χ3n) is 2.68. The summed E-state index contributed by atoms with van der Waals surface area (Å²) >= 11 is 2.93. The van der Waals surface area contributed by atoms with Gasteiger partial charge in [-0.05, 0) is 30.7 Å². The van der Waals surface area contributed by atoms with Crippen molar-refractivity contribution in [2.45, 2.75) is 6.92 Å². The van der Waals surface area contributed by atoms with Crippen LogP contribution in [0.25, 0.3) is 0 Å². The van der Waals surface area contributed by atoms with Crippen molar-refractivity contribution in [3.05, 3.63) is 63.4 Å².